The maximum Gasteiger partial charge on any atom is 0.241 e. The number of nitrogens with two attached hydrogens (primary N) is 1. The minimum atomic E-state index is -3.94. The lowest BCUT2D eigenvalue weighted by atomic mass is 10.2. The molecule has 1 heterocycles. The van der Waals surface area contributed by atoms with Crippen molar-refractivity contribution in [1.82, 2.24) is 10.0 Å². The molecule has 0 unspecified atom stereocenters. The molecule has 23 heavy (non-hydrogen) atoms. The summed E-state index contributed by atoms with van der Waals surface area (Å²) in [6.45, 7) is 2.63. The molecule has 8 nitrogen and oxygen atoms in total. The molecule has 1 atom stereocenters. The molecule has 0 bridgehead atoms. The minimum absolute atomic E-state index is 0.00199. The van der Waals surface area contributed by atoms with Gasteiger partial charge < -0.3 is 15.8 Å². The molecular weight excluding hydrogens is 322 g/mol. The summed E-state index contributed by atoms with van der Waals surface area (Å²) in [6.07, 6.45) is -0.364. The largest absolute Gasteiger partial charge is 0.377 e. The molecule has 9 heteroatoms. The van der Waals surface area contributed by atoms with E-state index in [1.54, 1.807) is 12.1 Å². The van der Waals surface area contributed by atoms with Gasteiger partial charge in [0, 0.05) is 0 Å². The van der Waals surface area contributed by atoms with E-state index in [2.05, 4.69) is 10.0 Å². The Hall–Kier alpha value is -1.97. The lowest BCUT2D eigenvalue weighted by molar-refractivity contribution is -0.129. The van der Waals surface area contributed by atoms with Crippen LogP contribution in [0, 0.1) is 6.92 Å². The highest BCUT2D eigenvalue weighted by Crippen LogP contribution is 2.11. The van der Waals surface area contributed by atoms with Gasteiger partial charge in [0.05, 0.1) is 30.6 Å². The highest BCUT2D eigenvalue weighted by Gasteiger charge is 2.28. The second-order valence-electron chi connectivity index (χ2n) is 5.40. The van der Waals surface area contributed by atoms with Gasteiger partial charge in [0.25, 0.3) is 0 Å². The monoisotopic (exact) mass is 341 g/mol. The van der Waals surface area contributed by atoms with E-state index < -0.39 is 27.9 Å². The van der Waals surface area contributed by atoms with Gasteiger partial charge in [-0.25, -0.2) is 8.42 Å². The smallest absolute Gasteiger partial charge is 0.241 e. The number of hydrogen-bond donors (Lipinski definition) is 3. The molecule has 1 saturated heterocycles. The van der Waals surface area contributed by atoms with E-state index in [1.807, 2.05) is 6.92 Å². The van der Waals surface area contributed by atoms with E-state index in [0.717, 1.165) is 5.56 Å². The fourth-order valence-electron chi connectivity index (χ4n) is 1.96. The molecular formula is C14H19N3O5S. The van der Waals surface area contributed by atoms with Gasteiger partial charge in [0.1, 0.15) is 6.04 Å². The highest BCUT2D eigenvalue weighted by molar-refractivity contribution is 7.89. The van der Waals surface area contributed by atoms with Crippen molar-refractivity contribution in [2.75, 3.05) is 13.2 Å². The number of benzene rings is 1. The SMILES string of the molecule is Cc1ccc(S(=O)(=O)N[C@@H](CC(=O)NC2COC2)C(N)=O)cc1. The summed E-state index contributed by atoms with van der Waals surface area (Å²) in [5.41, 5.74) is 6.10. The van der Waals surface area contributed by atoms with E-state index in [9.17, 15) is 18.0 Å². The molecule has 1 aromatic rings. The molecule has 0 aliphatic carbocycles. The first-order chi connectivity index (χ1) is 10.8. The van der Waals surface area contributed by atoms with E-state index in [0.29, 0.717) is 13.2 Å². The van der Waals surface area contributed by atoms with Crippen LogP contribution in [0.3, 0.4) is 0 Å². The molecule has 0 saturated carbocycles. The van der Waals surface area contributed by atoms with Crippen LogP contribution in [0.25, 0.3) is 0 Å². The van der Waals surface area contributed by atoms with Crippen LogP contribution >= 0.6 is 0 Å². The summed E-state index contributed by atoms with van der Waals surface area (Å²) in [5, 5.41) is 2.63. The number of nitrogens with one attached hydrogen (secondary N) is 2. The van der Waals surface area contributed by atoms with E-state index in [1.165, 1.54) is 12.1 Å². The predicted octanol–water partition coefficient (Wildman–Crippen LogP) is -0.968. The van der Waals surface area contributed by atoms with Crippen LogP contribution in [0.1, 0.15) is 12.0 Å². The normalized spacial score (nSPS) is 16.4. The Morgan fingerprint density at radius 3 is 2.39 bits per heavy atom. The number of carbonyl (C=O) groups is 2. The zero-order valence-corrected chi connectivity index (χ0v) is 13.4. The molecule has 0 spiro atoms. The van der Waals surface area contributed by atoms with Crippen LogP contribution in [-0.4, -0.2) is 45.5 Å². The molecule has 0 radical (unpaired) electrons. The molecule has 4 N–H and O–H groups in total. The number of amides is 2. The van der Waals surface area contributed by atoms with Gasteiger partial charge in [0.15, 0.2) is 0 Å². The van der Waals surface area contributed by atoms with Crippen LogP contribution < -0.4 is 15.8 Å². The summed E-state index contributed by atoms with van der Waals surface area (Å²) in [6, 6.07) is 4.68. The molecule has 1 aliphatic rings. The van der Waals surface area contributed by atoms with Crippen LogP contribution in [0.5, 0.6) is 0 Å². The third-order valence-electron chi connectivity index (χ3n) is 3.36. The number of primary amides is 1. The first-order valence-corrected chi connectivity index (χ1v) is 8.51. The maximum absolute atomic E-state index is 12.3. The van der Waals surface area contributed by atoms with Gasteiger partial charge in [-0.15, -0.1) is 0 Å². The molecule has 0 aromatic heterocycles. The molecule has 1 aromatic carbocycles. The Labute approximate surface area is 134 Å². The Morgan fingerprint density at radius 2 is 1.91 bits per heavy atom. The van der Waals surface area contributed by atoms with Gasteiger partial charge >= 0.3 is 0 Å². The molecule has 1 fully saturated rings. The van der Waals surface area contributed by atoms with Gasteiger partial charge in [-0.2, -0.15) is 4.72 Å². The van der Waals surface area contributed by atoms with Crippen molar-refractivity contribution in [3.63, 3.8) is 0 Å². The predicted molar refractivity (Wildman–Crippen MR) is 81.8 cm³/mol. The Balaban J connectivity index is 2.04. The fourth-order valence-corrected chi connectivity index (χ4v) is 3.17. The molecule has 2 rings (SSSR count). The number of rotatable bonds is 7. The van der Waals surface area contributed by atoms with Gasteiger partial charge in [0.2, 0.25) is 21.8 Å². The Morgan fingerprint density at radius 1 is 1.30 bits per heavy atom. The third-order valence-corrected chi connectivity index (χ3v) is 4.85. The maximum atomic E-state index is 12.3. The zero-order valence-electron chi connectivity index (χ0n) is 12.6. The number of aryl methyl sites for hydroxylation is 1. The average molecular weight is 341 g/mol. The Kier molecular flexibility index (Phi) is 5.34. The number of hydrogen-bond acceptors (Lipinski definition) is 5. The first-order valence-electron chi connectivity index (χ1n) is 7.03. The standard InChI is InChI=1S/C14H19N3O5S/c1-9-2-4-11(5-3-9)23(20,21)17-12(14(15)19)6-13(18)16-10-7-22-8-10/h2-5,10,12,17H,6-8H2,1H3,(H2,15,19)(H,16,18)/t12-/m0/s1. The first kappa shape index (κ1) is 17.4. The topological polar surface area (TPSA) is 128 Å². The summed E-state index contributed by atoms with van der Waals surface area (Å²) in [5.74, 6) is -1.38. The molecule has 126 valence electrons. The molecule has 2 amide bonds. The quantitative estimate of drug-likeness (QED) is 0.588. The van der Waals surface area contributed by atoms with Crippen molar-refractivity contribution in [3.05, 3.63) is 29.8 Å². The van der Waals surface area contributed by atoms with E-state index >= 15 is 0 Å². The van der Waals surface area contributed by atoms with Crippen molar-refractivity contribution >= 4 is 21.8 Å². The van der Waals surface area contributed by atoms with Gasteiger partial charge in [-0.05, 0) is 19.1 Å². The molecule has 1 aliphatic heterocycles. The number of sulfonamides is 1. The second-order valence-corrected chi connectivity index (χ2v) is 7.11. The lowest BCUT2D eigenvalue weighted by Crippen LogP contribution is -2.52. The number of carbonyl (C=O) groups excluding carboxylic acids is 2. The minimum Gasteiger partial charge on any atom is -0.377 e. The second kappa shape index (κ2) is 7.07. The van der Waals surface area contributed by atoms with Crippen molar-refractivity contribution in [3.8, 4) is 0 Å². The van der Waals surface area contributed by atoms with Crippen molar-refractivity contribution in [1.29, 1.82) is 0 Å². The van der Waals surface area contributed by atoms with Gasteiger partial charge in [-0.3, -0.25) is 9.59 Å². The van der Waals surface area contributed by atoms with Crippen LogP contribution in [0.2, 0.25) is 0 Å². The zero-order chi connectivity index (χ0) is 17.0. The highest BCUT2D eigenvalue weighted by atomic mass is 32.2. The van der Waals surface area contributed by atoms with Crippen LogP contribution in [0.4, 0.5) is 0 Å². The number of ether oxygens (including phenoxy) is 1. The van der Waals surface area contributed by atoms with Crippen molar-refractivity contribution in [2.24, 2.45) is 5.73 Å². The Bertz CT molecular complexity index is 683. The summed E-state index contributed by atoms with van der Waals surface area (Å²) in [7, 11) is -3.94. The van der Waals surface area contributed by atoms with Crippen molar-refractivity contribution < 1.29 is 22.7 Å². The third kappa shape index (κ3) is 4.75. The van der Waals surface area contributed by atoms with E-state index in [-0.39, 0.29) is 17.4 Å². The summed E-state index contributed by atoms with van der Waals surface area (Å²) >= 11 is 0. The lowest BCUT2D eigenvalue weighted by Gasteiger charge is -2.27. The van der Waals surface area contributed by atoms with E-state index in [4.69, 9.17) is 10.5 Å². The fraction of sp³-hybridized carbons (Fsp3) is 0.429. The van der Waals surface area contributed by atoms with Crippen molar-refractivity contribution in [2.45, 2.75) is 30.3 Å². The van der Waals surface area contributed by atoms with Gasteiger partial charge in [-0.1, -0.05) is 17.7 Å². The summed E-state index contributed by atoms with van der Waals surface area (Å²) < 4.78 is 31.6. The van der Waals surface area contributed by atoms with Crippen LogP contribution in [-0.2, 0) is 24.3 Å². The van der Waals surface area contributed by atoms with Crippen LogP contribution in [0.15, 0.2) is 29.2 Å². The average Bonchev–Trinajstić information content (AvgIpc) is 2.42. The summed E-state index contributed by atoms with van der Waals surface area (Å²) in [4.78, 5) is 23.3.